The van der Waals surface area contributed by atoms with Crippen molar-refractivity contribution < 1.29 is 9.32 Å². The molecule has 1 aromatic carbocycles. The monoisotopic (exact) mass is 309 g/mol. The molecule has 0 bridgehead atoms. The molecule has 2 aromatic heterocycles. The average molecular weight is 309 g/mol. The fourth-order valence-electron chi connectivity index (χ4n) is 1.99. The van der Waals surface area contributed by atoms with E-state index in [0.717, 1.165) is 11.3 Å². The summed E-state index contributed by atoms with van der Waals surface area (Å²) in [6, 6.07) is 14.9. The van der Waals surface area contributed by atoms with Gasteiger partial charge in [-0.2, -0.15) is 0 Å². The van der Waals surface area contributed by atoms with Crippen LogP contribution in [-0.4, -0.2) is 28.3 Å². The van der Waals surface area contributed by atoms with Crippen molar-refractivity contribution in [1.29, 1.82) is 0 Å². The van der Waals surface area contributed by atoms with Crippen LogP contribution in [0.2, 0.25) is 0 Å². The Labute approximate surface area is 132 Å². The van der Waals surface area contributed by atoms with Crippen molar-refractivity contribution in [1.82, 2.24) is 20.7 Å². The first-order valence-electron chi connectivity index (χ1n) is 7.07. The summed E-state index contributed by atoms with van der Waals surface area (Å²) >= 11 is 0. The first kappa shape index (κ1) is 14.7. The number of hydrogen-bond acceptors (Lipinski definition) is 6. The van der Waals surface area contributed by atoms with Gasteiger partial charge in [0, 0.05) is 18.7 Å². The molecule has 0 unspecified atom stereocenters. The van der Waals surface area contributed by atoms with Crippen LogP contribution in [0.1, 0.15) is 16.2 Å². The van der Waals surface area contributed by atoms with Gasteiger partial charge in [0.15, 0.2) is 11.5 Å². The SMILES string of the molecule is CNC(=O)c1ccc(NCc2cc(-c3ccccc3)on2)nn1. The molecule has 1 amide bonds. The predicted octanol–water partition coefficient (Wildman–Crippen LogP) is 2.10. The van der Waals surface area contributed by atoms with Crippen molar-refractivity contribution in [2.75, 3.05) is 12.4 Å². The molecule has 0 saturated heterocycles. The van der Waals surface area contributed by atoms with E-state index in [-0.39, 0.29) is 11.6 Å². The van der Waals surface area contributed by atoms with Gasteiger partial charge in [0.2, 0.25) is 0 Å². The Morgan fingerprint density at radius 2 is 1.96 bits per heavy atom. The van der Waals surface area contributed by atoms with Crippen LogP contribution in [0.5, 0.6) is 0 Å². The fourth-order valence-corrected chi connectivity index (χ4v) is 1.99. The molecule has 0 saturated carbocycles. The second-order valence-corrected chi connectivity index (χ2v) is 4.79. The number of hydrogen-bond donors (Lipinski definition) is 2. The smallest absolute Gasteiger partial charge is 0.271 e. The highest BCUT2D eigenvalue weighted by atomic mass is 16.5. The Kier molecular flexibility index (Phi) is 4.28. The van der Waals surface area contributed by atoms with E-state index in [1.165, 1.54) is 0 Å². The number of rotatable bonds is 5. The van der Waals surface area contributed by atoms with Crippen LogP contribution in [0.15, 0.2) is 53.1 Å². The van der Waals surface area contributed by atoms with E-state index in [9.17, 15) is 4.79 Å². The van der Waals surface area contributed by atoms with E-state index in [0.29, 0.717) is 18.1 Å². The second-order valence-electron chi connectivity index (χ2n) is 4.79. The van der Waals surface area contributed by atoms with Crippen molar-refractivity contribution in [3.05, 3.63) is 59.9 Å². The van der Waals surface area contributed by atoms with Crippen molar-refractivity contribution in [3.63, 3.8) is 0 Å². The summed E-state index contributed by atoms with van der Waals surface area (Å²) in [5.41, 5.74) is 1.99. The number of anilines is 1. The summed E-state index contributed by atoms with van der Waals surface area (Å²) < 4.78 is 5.33. The lowest BCUT2D eigenvalue weighted by molar-refractivity contribution is 0.0957. The zero-order valence-electron chi connectivity index (χ0n) is 12.5. The minimum atomic E-state index is -0.270. The van der Waals surface area contributed by atoms with E-state index in [1.54, 1.807) is 19.2 Å². The normalized spacial score (nSPS) is 10.3. The summed E-state index contributed by atoms with van der Waals surface area (Å²) in [7, 11) is 1.55. The average Bonchev–Trinajstić information content (AvgIpc) is 3.09. The zero-order valence-corrected chi connectivity index (χ0v) is 12.5. The largest absolute Gasteiger partial charge is 0.363 e. The molecule has 3 aromatic rings. The van der Waals surface area contributed by atoms with Crippen LogP contribution in [-0.2, 0) is 6.54 Å². The standard InChI is InChI=1S/C16H15N5O2/c1-17-16(22)13-7-8-15(20-19-13)18-10-12-9-14(23-21-12)11-5-3-2-4-6-11/h2-9H,10H2,1H3,(H,17,22)(H,18,20). The first-order valence-corrected chi connectivity index (χ1v) is 7.07. The van der Waals surface area contributed by atoms with Crippen LogP contribution in [0, 0.1) is 0 Å². The maximum absolute atomic E-state index is 11.4. The molecule has 7 nitrogen and oxygen atoms in total. The lowest BCUT2D eigenvalue weighted by atomic mass is 10.2. The lowest BCUT2D eigenvalue weighted by Gasteiger charge is -2.02. The number of nitrogens with one attached hydrogen (secondary N) is 2. The van der Waals surface area contributed by atoms with Gasteiger partial charge in [-0.3, -0.25) is 4.79 Å². The van der Waals surface area contributed by atoms with Gasteiger partial charge in [0.05, 0.1) is 6.54 Å². The van der Waals surface area contributed by atoms with Crippen LogP contribution >= 0.6 is 0 Å². The molecule has 0 aliphatic rings. The first-order chi connectivity index (χ1) is 11.3. The topological polar surface area (TPSA) is 92.9 Å². The molecule has 0 aliphatic heterocycles. The number of amides is 1. The summed E-state index contributed by atoms with van der Waals surface area (Å²) in [4.78, 5) is 11.4. The number of carbonyl (C=O) groups is 1. The van der Waals surface area contributed by atoms with Crippen molar-refractivity contribution in [3.8, 4) is 11.3 Å². The Morgan fingerprint density at radius 1 is 1.13 bits per heavy atom. The van der Waals surface area contributed by atoms with Gasteiger partial charge in [0.25, 0.3) is 5.91 Å². The number of carbonyl (C=O) groups excluding carboxylic acids is 1. The Hall–Kier alpha value is -3.22. The molecule has 3 rings (SSSR count). The fraction of sp³-hybridized carbons (Fsp3) is 0.125. The van der Waals surface area contributed by atoms with E-state index < -0.39 is 0 Å². The summed E-state index contributed by atoms with van der Waals surface area (Å²) in [5.74, 6) is 0.999. The van der Waals surface area contributed by atoms with Crippen LogP contribution in [0.4, 0.5) is 5.82 Å². The molecular formula is C16H15N5O2. The number of nitrogens with zero attached hydrogens (tertiary/aromatic N) is 3. The molecule has 2 heterocycles. The molecule has 0 radical (unpaired) electrons. The van der Waals surface area contributed by atoms with Gasteiger partial charge in [-0.1, -0.05) is 35.5 Å². The van der Waals surface area contributed by atoms with Gasteiger partial charge in [0.1, 0.15) is 11.5 Å². The molecule has 2 N–H and O–H groups in total. The third-order valence-electron chi connectivity index (χ3n) is 3.19. The highest BCUT2D eigenvalue weighted by molar-refractivity contribution is 5.91. The molecule has 0 fully saturated rings. The molecule has 7 heteroatoms. The van der Waals surface area contributed by atoms with Crippen molar-refractivity contribution in [2.24, 2.45) is 0 Å². The van der Waals surface area contributed by atoms with E-state index >= 15 is 0 Å². The van der Waals surface area contributed by atoms with Crippen molar-refractivity contribution in [2.45, 2.75) is 6.54 Å². The van der Waals surface area contributed by atoms with Gasteiger partial charge in [-0.25, -0.2) is 0 Å². The molecule has 0 atom stereocenters. The van der Waals surface area contributed by atoms with Crippen LogP contribution in [0.3, 0.4) is 0 Å². The summed E-state index contributed by atoms with van der Waals surface area (Å²) in [6.07, 6.45) is 0. The molecule has 116 valence electrons. The van der Waals surface area contributed by atoms with E-state index in [2.05, 4.69) is 26.0 Å². The van der Waals surface area contributed by atoms with Crippen LogP contribution in [0.25, 0.3) is 11.3 Å². The van der Waals surface area contributed by atoms with Gasteiger partial charge < -0.3 is 15.2 Å². The predicted molar refractivity (Wildman–Crippen MR) is 84.7 cm³/mol. The molecule has 23 heavy (non-hydrogen) atoms. The minimum Gasteiger partial charge on any atom is -0.363 e. The highest BCUT2D eigenvalue weighted by Crippen LogP contribution is 2.20. The third-order valence-corrected chi connectivity index (χ3v) is 3.19. The van der Waals surface area contributed by atoms with Gasteiger partial charge in [-0.05, 0) is 12.1 Å². The van der Waals surface area contributed by atoms with Gasteiger partial charge in [-0.15, -0.1) is 10.2 Å². The minimum absolute atomic E-state index is 0.269. The third kappa shape index (κ3) is 3.52. The summed E-state index contributed by atoms with van der Waals surface area (Å²) in [6.45, 7) is 0.449. The van der Waals surface area contributed by atoms with E-state index in [1.807, 2.05) is 36.4 Å². The van der Waals surface area contributed by atoms with Crippen molar-refractivity contribution >= 4 is 11.7 Å². The quantitative estimate of drug-likeness (QED) is 0.750. The second kappa shape index (κ2) is 6.69. The Morgan fingerprint density at radius 3 is 2.65 bits per heavy atom. The number of aromatic nitrogens is 3. The summed E-state index contributed by atoms with van der Waals surface area (Å²) in [5, 5.41) is 17.4. The highest BCUT2D eigenvalue weighted by Gasteiger charge is 2.08. The zero-order chi connectivity index (χ0) is 16.1. The Bertz CT molecular complexity index is 784. The molecule has 0 aliphatic carbocycles. The molecular weight excluding hydrogens is 294 g/mol. The lowest BCUT2D eigenvalue weighted by Crippen LogP contribution is -2.19. The molecule has 0 spiro atoms. The Balaban J connectivity index is 1.63. The van der Waals surface area contributed by atoms with Crippen LogP contribution < -0.4 is 10.6 Å². The van der Waals surface area contributed by atoms with E-state index in [4.69, 9.17) is 4.52 Å². The number of benzene rings is 1. The van der Waals surface area contributed by atoms with Gasteiger partial charge >= 0.3 is 0 Å². The maximum Gasteiger partial charge on any atom is 0.271 e. The maximum atomic E-state index is 11.4.